The van der Waals surface area contributed by atoms with Gasteiger partial charge in [-0.05, 0) is 34.9 Å². The number of anilines is 1. The number of nitrogens with one attached hydrogen (secondary N) is 1. The van der Waals surface area contributed by atoms with Crippen LogP contribution in [0.2, 0.25) is 0 Å². The van der Waals surface area contributed by atoms with Gasteiger partial charge in [0.25, 0.3) is 0 Å². The van der Waals surface area contributed by atoms with Gasteiger partial charge >= 0.3 is 12.2 Å². The van der Waals surface area contributed by atoms with E-state index in [1.54, 1.807) is 55.4 Å². The second kappa shape index (κ2) is 7.92. The summed E-state index contributed by atoms with van der Waals surface area (Å²) in [5, 5.41) is 7.29. The fourth-order valence-corrected chi connectivity index (χ4v) is 3.82. The van der Waals surface area contributed by atoms with E-state index in [1.807, 2.05) is 6.07 Å². The Kier molecular flexibility index (Phi) is 5.39. The largest absolute Gasteiger partial charge is 0.408 e. The van der Waals surface area contributed by atoms with Gasteiger partial charge in [0.2, 0.25) is 5.91 Å². The van der Waals surface area contributed by atoms with Gasteiger partial charge < -0.3 is 10.2 Å². The van der Waals surface area contributed by atoms with E-state index >= 15 is 0 Å². The summed E-state index contributed by atoms with van der Waals surface area (Å²) in [6.07, 6.45) is -0.892. The number of hydrazone groups is 1. The lowest BCUT2D eigenvalue weighted by molar-refractivity contribution is -0.167. The normalized spacial score (nSPS) is 17.8. The Hall–Kier alpha value is -3.43. The van der Waals surface area contributed by atoms with Crippen molar-refractivity contribution in [3.63, 3.8) is 0 Å². The second-order valence-electron chi connectivity index (χ2n) is 8.59. The Morgan fingerprint density at radius 3 is 2.47 bits per heavy atom. The number of rotatable bonds is 3. The standard InChI is InChI=1S/C22H22F3N5O2/c1-21(2)9-18(28-30(19(21)31)13-22(23,24)25)14-3-5-17(6-4-14)27-20(32)29-11-15-7-8-26-10-16(15)12-29/h3-8,10H,9,11-13H2,1-2H3,(H,27,32). The Bertz CT molecular complexity index is 1050. The molecule has 0 radical (unpaired) electrons. The van der Waals surface area contributed by atoms with Gasteiger partial charge in [0, 0.05) is 37.6 Å². The number of alkyl halides is 3. The highest BCUT2D eigenvalue weighted by molar-refractivity contribution is 6.06. The summed E-state index contributed by atoms with van der Waals surface area (Å²) in [6, 6.07) is 8.31. The monoisotopic (exact) mass is 445 g/mol. The molecule has 10 heteroatoms. The first kappa shape index (κ1) is 21.8. The first-order valence-corrected chi connectivity index (χ1v) is 10.1. The molecule has 4 rings (SSSR count). The van der Waals surface area contributed by atoms with E-state index in [2.05, 4.69) is 15.4 Å². The number of hydrogen-bond acceptors (Lipinski definition) is 4. The van der Waals surface area contributed by atoms with E-state index in [0.29, 0.717) is 35.1 Å². The Morgan fingerprint density at radius 1 is 1.12 bits per heavy atom. The van der Waals surface area contributed by atoms with Crippen LogP contribution in [0.15, 0.2) is 47.8 Å². The van der Waals surface area contributed by atoms with Gasteiger partial charge in [-0.25, -0.2) is 9.80 Å². The minimum Gasteiger partial charge on any atom is -0.316 e. The van der Waals surface area contributed by atoms with Gasteiger partial charge in [0.05, 0.1) is 11.1 Å². The molecule has 0 atom stereocenters. The molecule has 2 aliphatic heterocycles. The summed E-state index contributed by atoms with van der Waals surface area (Å²) >= 11 is 0. The number of nitrogens with zero attached hydrogens (tertiary/aromatic N) is 4. The summed E-state index contributed by atoms with van der Waals surface area (Å²) in [4.78, 5) is 30.7. The molecule has 3 amide bonds. The summed E-state index contributed by atoms with van der Waals surface area (Å²) in [7, 11) is 0. The van der Waals surface area contributed by atoms with Crippen LogP contribution < -0.4 is 5.32 Å². The molecular formula is C22H22F3N5O2. The SMILES string of the molecule is CC1(C)CC(c2ccc(NC(=O)N3Cc4ccncc4C3)cc2)=NN(CC(F)(F)F)C1=O. The second-order valence-corrected chi connectivity index (χ2v) is 8.59. The molecule has 1 N–H and O–H groups in total. The number of carbonyl (C=O) groups is 2. The number of carbonyl (C=O) groups excluding carboxylic acids is 2. The zero-order valence-electron chi connectivity index (χ0n) is 17.6. The third kappa shape index (κ3) is 4.58. The predicted octanol–water partition coefficient (Wildman–Crippen LogP) is 4.15. The molecule has 0 saturated carbocycles. The molecule has 0 fully saturated rings. The fourth-order valence-electron chi connectivity index (χ4n) is 3.82. The van der Waals surface area contributed by atoms with Crippen LogP contribution in [-0.4, -0.2) is 45.3 Å². The Balaban J connectivity index is 1.46. The number of benzene rings is 1. The average Bonchev–Trinajstić information content (AvgIpc) is 3.15. The first-order chi connectivity index (χ1) is 15.0. The van der Waals surface area contributed by atoms with Crippen molar-refractivity contribution in [3.05, 3.63) is 59.4 Å². The molecule has 2 aliphatic rings. The molecule has 1 aromatic heterocycles. The highest BCUT2D eigenvalue weighted by atomic mass is 19.4. The third-order valence-electron chi connectivity index (χ3n) is 5.48. The van der Waals surface area contributed by atoms with Gasteiger partial charge in [-0.15, -0.1) is 0 Å². The number of pyridine rings is 1. The lowest BCUT2D eigenvalue weighted by Gasteiger charge is -2.34. The topological polar surface area (TPSA) is 77.9 Å². The van der Waals surface area contributed by atoms with E-state index in [-0.39, 0.29) is 12.5 Å². The van der Waals surface area contributed by atoms with Crippen LogP contribution >= 0.6 is 0 Å². The molecule has 0 spiro atoms. The van der Waals surface area contributed by atoms with Crippen molar-refractivity contribution in [2.45, 2.75) is 39.5 Å². The maximum atomic E-state index is 12.9. The predicted molar refractivity (Wildman–Crippen MR) is 112 cm³/mol. The molecule has 0 saturated heterocycles. The van der Waals surface area contributed by atoms with E-state index < -0.39 is 24.0 Å². The maximum absolute atomic E-state index is 12.9. The number of amides is 3. The van der Waals surface area contributed by atoms with E-state index in [1.165, 1.54) is 0 Å². The van der Waals surface area contributed by atoms with Gasteiger partial charge in [0.15, 0.2) is 0 Å². The maximum Gasteiger partial charge on any atom is 0.408 e. The zero-order valence-corrected chi connectivity index (χ0v) is 17.6. The quantitative estimate of drug-likeness (QED) is 0.771. The van der Waals surface area contributed by atoms with Crippen molar-refractivity contribution < 1.29 is 22.8 Å². The van der Waals surface area contributed by atoms with Gasteiger partial charge in [-0.2, -0.15) is 18.3 Å². The van der Waals surface area contributed by atoms with E-state index in [4.69, 9.17) is 0 Å². The smallest absolute Gasteiger partial charge is 0.316 e. The van der Waals surface area contributed by atoms with Crippen molar-refractivity contribution in [1.82, 2.24) is 14.9 Å². The lowest BCUT2D eigenvalue weighted by atomic mass is 9.83. The number of hydrogen-bond donors (Lipinski definition) is 1. The molecule has 7 nitrogen and oxygen atoms in total. The van der Waals surface area contributed by atoms with E-state index in [9.17, 15) is 22.8 Å². The molecular weight excluding hydrogens is 423 g/mol. The van der Waals surface area contributed by atoms with Crippen molar-refractivity contribution in [1.29, 1.82) is 0 Å². The molecule has 2 aromatic rings. The van der Waals surface area contributed by atoms with Crippen LogP contribution in [0.3, 0.4) is 0 Å². The highest BCUT2D eigenvalue weighted by Gasteiger charge is 2.42. The van der Waals surface area contributed by atoms with Crippen molar-refractivity contribution >= 4 is 23.3 Å². The summed E-state index contributed by atoms with van der Waals surface area (Å²) in [5.74, 6) is -0.663. The van der Waals surface area contributed by atoms with E-state index in [0.717, 1.165) is 11.1 Å². The number of fused-ring (bicyclic) bond motifs is 1. The van der Waals surface area contributed by atoms with Crippen molar-refractivity contribution in [2.24, 2.45) is 10.5 Å². The number of halogens is 3. The van der Waals surface area contributed by atoms with Crippen LogP contribution in [0, 0.1) is 5.41 Å². The van der Waals surface area contributed by atoms with Gasteiger partial charge in [0.1, 0.15) is 6.54 Å². The molecule has 168 valence electrons. The van der Waals surface area contributed by atoms with Crippen LogP contribution in [0.1, 0.15) is 37.0 Å². The summed E-state index contributed by atoms with van der Waals surface area (Å²) < 4.78 is 38.6. The van der Waals surface area contributed by atoms with Crippen LogP contribution in [0.5, 0.6) is 0 Å². The molecule has 0 bridgehead atoms. The number of aromatic nitrogens is 1. The highest BCUT2D eigenvalue weighted by Crippen LogP contribution is 2.33. The number of urea groups is 1. The van der Waals surface area contributed by atoms with Crippen LogP contribution in [0.4, 0.5) is 23.7 Å². The molecule has 32 heavy (non-hydrogen) atoms. The molecule has 1 aromatic carbocycles. The fraction of sp³-hybridized carbons (Fsp3) is 0.364. The first-order valence-electron chi connectivity index (χ1n) is 10.1. The lowest BCUT2D eigenvalue weighted by Crippen LogP contribution is -2.47. The Labute approximate surface area is 182 Å². The minimum absolute atomic E-state index is 0.214. The molecule has 0 unspecified atom stereocenters. The van der Waals surface area contributed by atoms with Crippen molar-refractivity contribution in [3.8, 4) is 0 Å². The van der Waals surface area contributed by atoms with Crippen molar-refractivity contribution in [2.75, 3.05) is 11.9 Å². The summed E-state index contributed by atoms with van der Waals surface area (Å²) in [6.45, 7) is 2.75. The average molecular weight is 445 g/mol. The third-order valence-corrected chi connectivity index (χ3v) is 5.48. The van der Waals surface area contributed by atoms with Crippen LogP contribution in [-0.2, 0) is 17.9 Å². The minimum atomic E-state index is -4.54. The van der Waals surface area contributed by atoms with Gasteiger partial charge in [-0.3, -0.25) is 9.78 Å². The summed E-state index contributed by atoms with van der Waals surface area (Å²) in [5.41, 5.74) is 2.59. The Morgan fingerprint density at radius 2 is 1.81 bits per heavy atom. The zero-order chi connectivity index (χ0) is 23.1. The van der Waals surface area contributed by atoms with Crippen LogP contribution in [0.25, 0.3) is 0 Å². The van der Waals surface area contributed by atoms with Gasteiger partial charge in [-0.1, -0.05) is 26.0 Å². The molecule has 0 aliphatic carbocycles. The molecule has 3 heterocycles.